The summed E-state index contributed by atoms with van der Waals surface area (Å²) in [5.74, 6) is 20.5. The number of hydrogen-bond donors (Lipinski definition) is 3. The van der Waals surface area contributed by atoms with Gasteiger partial charge in [0, 0.05) is 40.2 Å². The molecule has 0 aliphatic carbocycles. The number of hydrogen-bond acceptors (Lipinski definition) is 6. The van der Waals surface area contributed by atoms with Crippen LogP contribution in [0.5, 0.6) is 0 Å². The lowest BCUT2D eigenvalue weighted by Crippen LogP contribution is -2.49. The predicted molar refractivity (Wildman–Crippen MR) is 203 cm³/mol. The average molecular weight is 736 g/mol. The SMILES string of the molecule is CC.CCONC(=O)C(NC(=O)c1ccc(C#CC#Cc2ccc(Cl)nc2)cc1)C(C)C.O=C(O)c1ccc(C#CC#Cc2ccc(Cl)nc2)cc1. The van der Waals surface area contributed by atoms with Gasteiger partial charge in [-0.1, -0.05) is 74.6 Å². The highest BCUT2D eigenvalue weighted by Gasteiger charge is 2.24. The highest BCUT2D eigenvalue weighted by Crippen LogP contribution is 2.08. The molecule has 52 heavy (non-hydrogen) atoms. The summed E-state index contributed by atoms with van der Waals surface area (Å²) >= 11 is 11.4. The lowest BCUT2D eigenvalue weighted by Gasteiger charge is -2.21. The van der Waals surface area contributed by atoms with Gasteiger partial charge in [0.2, 0.25) is 0 Å². The quantitative estimate of drug-likeness (QED) is 0.108. The van der Waals surface area contributed by atoms with E-state index < -0.39 is 17.9 Å². The number of hydroxylamine groups is 1. The Labute approximate surface area is 314 Å². The number of nitrogens with one attached hydrogen (secondary N) is 2. The second-order valence-electron chi connectivity index (χ2n) is 10.3. The van der Waals surface area contributed by atoms with Crippen molar-refractivity contribution >= 4 is 41.0 Å². The van der Waals surface area contributed by atoms with Crippen molar-refractivity contribution in [1.82, 2.24) is 20.8 Å². The first-order valence-electron chi connectivity index (χ1n) is 16.0. The van der Waals surface area contributed by atoms with Gasteiger partial charge in [-0.2, -0.15) is 0 Å². The zero-order chi connectivity index (χ0) is 38.3. The van der Waals surface area contributed by atoms with Crippen LogP contribution in [0.25, 0.3) is 0 Å². The Morgan fingerprint density at radius 1 is 0.692 bits per heavy atom. The summed E-state index contributed by atoms with van der Waals surface area (Å²) in [4.78, 5) is 48.1. The van der Waals surface area contributed by atoms with Crippen LogP contribution < -0.4 is 10.8 Å². The maximum atomic E-state index is 12.5. The van der Waals surface area contributed by atoms with E-state index in [1.54, 1.807) is 80.0 Å². The number of aromatic carboxylic acids is 1. The maximum absolute atomic E-state index is 12.5. The molecule has 2 amide bonds. The minimum Gasteiger partial charge on any atom is -0.478 e. The van der Waals surface area contributed by atoms with E-state index in [9.17, 15) is 14.4 Å². The standard InChI is InChI=1S/C23H22ClN3O3.C16H8ClNO2.C2H6/c1-4-30-27-23(29)21(16(2)3)26-22(28)19-12-9-17(10-13-19)7-5-6-8-18-11-14-20(24)25-15-18;17-15-10-7-13(11-18-15)4-2-1-3-12-5-8-14(9-6-12)16(19)20;1-2/h9-16,21H,4H2,1-3H3,(H,26,28)(H,27,29);5-11H,(H,19,20);1-2H3. The average Bonchev–Trinajstić information content (AvgIpc) is 3.16. The monoisotopic (exact) mass is 734 g/mol. The van der Waals surface area contributed by atoms with Gasteiger partial charge in [0.05, 0.1) is 12.2 Å². The number of nitrogens with zero attached hydrogens (tertiary/aromatic N) is 2. The van der Waals surface area contributed by atoms with E-state index in [0.717, 1.165) is 5.56 Å². The molecule has 11 heteroatoms. The van der Waals surface area contributed by atoms with Gasteiger partial charge in [0.15, 0.2) is 0 Å². The first-order chi connectivity index (χ1) is 25.0. The normalized spacial score (nSPS) is 9.77. The Morgan fingerprint density at radius 2 is 1.10 bits per heavy atom. The Hall–Kier alpha value is -6.07. The number of carboxylic acids is 1. The van der Waals surface area contributed by atoms with E-state index in [4.69, 9.17) is 33.1 Å². The summed E-state index contributed by atoms with van der Waals surface area (Å²) in [6.07, 6.45) is 3.14. The van der Waals surface area contributed by atoms with Crippen LogP contribution in [0.4, 0.5) is 0 Å². The predicted octanol–water partition coefficient (Wildman–Crippen LogP) is 6.82. The number of carbonyl (C=O) groups excluding carboxylic acids is 2. The van der Waals surface area contributed by atoms with Crippen LogP contribution in [0.2, 0.25) is 10.3 Å². The summed E-state index contributed by atoms with van der Waals surface area (Å²) < 4.78 is 0. The summed E-state index contributed by atoms with van der Waals surface area (Å²) in [7, 11) is 0. The lowest BCUT2D eigenvalue weighted by molar-refractivity contribution is -0.136. The highest BCUT2D eigenvalue weighted by molar-refractivity contribution is 6.29. The largest absolute Gasteiger partial charge is 0.478 e. The van der Waals surface area contributed by atoms with Gasteiger partial charge < -0.3 is 10.4 Å². The van der Waals surface area contributed by atoms with Crippen molar-refractivity contribution in [3.05, 3.63) is 129 Å². The van der Waals surface area contributed by atoms with Crippen molar-refractivity contribution in [2.24, 2.45) is 5.92 Å². The zero-order valence-corrected chi connectivity index (χ0v) is 30.7. The molecule has 3 N–H and O–H groups in total. The summed E-state index contributed by atoms with van der Waals surface area (Å²) in [6.45, 7) is 9.79. The smallest absolute Gasteiger partial charge is 0.335 e. The number of aromatic nitrogens is 2. The second kappa shape index (κ2) is 23.4. The van der Waals surface area contributed by atoms with Crippen molar-refractivity contribution in [3.8, 4) is 47.4 Å². The van der Waals surface area contributed by atoms with Crippen LogP contribution in [0.1, 0.15) is 77.6 Å². The summed E-state index contributed by atoms with van der Waals surface area (Å²) in [5, 5.41) is 12.3. The van der Waals surface area contributed by atoms with Gasteiger partial charge in [-0.05, 0) is 109 Å². The van der Waals surface area contributed by atoms with Crippen molar-refractivity contribution in [3.63, 3.8) is 0 Å². The Morgan fingerprint density at radius 3 is 1.46 bits per heavy atom. The van der Waals surface area contributed by atoms with E-state index in [1.165, 1.54) is 12.1 Å². The molecule has 0 saturated heterocycles. The van der Waals surface area contributed by atoms with Gasteiger partial charge in [0.1, 0.15) is 16.3 Å². The van der Waals surface area contributed by atoms with Crippen LogP contribution in [0, 0.1) is 53.3 Å². The first kappa shape index (κ1) is 42.1. The van der Waals surface area contributed by atoms with Gasteiger partial charge in [-0.3, -0.25) is 14.4 Å². The number of carboxylic acid groups (broad SMARTS) is 1. The molecule has 4 aromatic rings. The topological polar surface area (TPSA) is 131 Å². The van der Waals surface area contributed by atoms with Gasteiger partial charge in [0.25, 0.3) is 11.8 Å². The third kappa shape index (κ3) is 15.6. The highest BCUT2D eigenvalue weighted by atomic mass is 35.5. The zero-order valence-electron chi connectivity index (χ0n) is 29.2. The molecule has 0 bridgehead atoms. The molecule has 2 aromatic carbocycles. The van der Waals surface area contributed by atoms with Crippen molar-refractivity contribution in [2.75, 3.05) is 6.61 Å². The molecular formula is C41H36Cl2N4O5. The van der Waals surface area contributed by atoms with Gasteiger partial charge in [-0.25, -0.2) is 20.2 Å². The molecule has 0 spiro atoms. The molecule has 0 fully saturated rings. The number of rotatable bonds is 7. The van der Waals surface area contributed by atoms with Crippen molar-refractivity contribution in [2.45, 2.75) is 40.7 Å². The maximum Gasteiger partial charge on any atom is 0.335 e. The van der Waals surface area contributed by atoms with Gasteiger partial charge in [-0.15, -0.1) is 0 Å². The van der Waals surface area contributed by atoms with Crippen molar-refractivity contribution < 1.29 is 24.3 Å². The summed E-state index contributed by atoms with van der Waals surface area (Å²) in [6, 6.07) is 19.1. The van der Waals surface area contributed by atoms with E-state index >= 15 is 0 Å². The first-order valence-corrected chi connectivity index (χ1v) is 16.7. The number of pyridine rings is 2. The molecule has 9 nitrogen and oxygen atoms in total. The van der Waals surface area contributed by atoms with E-state index in [1.807, 2.05) is 27.7 Å². The van der Waals surface area contributed by atoms with Crippen LogP contribution in [-0.4, -0.2) is 45.5 Å². The molecule has 2 heterocycles. The Bertz CT molecular complexity index is 2040. The van der Waals surface area contributed by atoms with Gasteiger partial charge >= 0.3 is 5.97 Å². The summed E-state index contributed by atoms with van der Waals surface area (Å²) in [5.41, 5.74) is 5.85. The minimum absolute atomic E-state index is 0.103. The molecule has 0 saturated carbocycles. The lowest BCUT2D eigenvalue weighted by atomic mass is 10.0. The Balaban J connectivity index is 0.000000368. The molecular weight excluding hydrogens is 699 g/mol. The molecule has 2 aromatic heterocycles. The van der Waals surface area contributed by atoms with Crippen LogP contribution in [0.15, 0.2) is 85.2 Å². The van der Waals surface area contributed by atoms with Crippen molar-refractivity contribution in [1.29, 1.82) is 0 Å². The molecule has 1 unspecified atom stereocenters. The molecule has 0 aliphatic heterocycles. The molecule has 0 aliphatic rings. The fourth-order valence-corrected chi connectivity index (χ4v) is 3.90. The molecule has 1 atom stereocenters. The van der Waals surface area contributed by atoms with Crippen LogP contribution >= 0.6 is 23.2 Å². The molecule has 0 radical (unpaired) electrons. The molecule has 4 rings (SSSR count). The second-order valence-corrected chi connectivity index (χ2v) is 11.1. The number of carbonyl (C=O) groups is 3. The third-order valence-electron chi connectivity index (χ3n) is 6.24. The van der Waals surface area contributed by atoms with E-state index in [-0.39, 0.29) is 17.4 Å². The van der Waals surface area contributed by atoms with Crippen LogP contribution in [0.3, 0.4) is 0 Å². The Kier molecular flexibility index (Phi) is 18.9. The van der Waals surface area contributed by atoms with E-state index in [0.29, 0.717) is 39.2 Å². The number of amides is 2. The fourth-order valence-electron chi connectivity index (χ4n) is 3.68. The number of halogens is 2. The van der Waals surface area contributed by atoms with Crippen LogP contribution in [-0.2, 0) is 9.63 Å². The fraction of sp³-hybridized carbons (Fsp3) is 0.195. The minimum atomic E-state index is -0.959. The third-order valence-corrected chi connectivity index (χ3v) is 6.69. The number of benzene rings is 2. The molecule has 264 valence electrons. The van der Waals surface area contributed by atoms with E-state index in [2.05, 4.69) is 68.1 Å².